The summed E-state index contributed by atoms with van der Waals surface area (Å²) in [6, 6.07) is 12.2. The Bertz CT molecular complexity index is 1090. The third kappa shape index (κ3) is 3.62. The number of aryl methyl sites for hydroxylation is 2. The minimum absolute atomic E-state index is 0.0143. The van der Waals surface area contributed by atoms with E-state index in [2.05, 4.69) is 18.0 Å². The van der Waals surface area contributed by atoms with Crippen LogP contribution in [0.15, 0.2) is 53.5 Å². The van der Waals surface area contributed by atoms with Crippen LogP contribution in [-0.2, 0) is 18.3 Å². The zero-order chi connectivity index (χ0) is 18.7. The number of fused-ring (bicyclic) bond motifs is 1. The first kappa shape index (κ1) is 17.8. The highest BCUT2D eigenvalue weighted by Crippen LogP contribution is 2.21. The molecule has 0 atom stereocenters. The Labute approximate surface area is 153 Å². The number of hydrogen-bond donors (Lipinski definition) is 0. The topological polar surface area (TPSA) is 77.5 Å². The van der Waals surface area contributed by atoms with E-state index in [0.29, 0.717) is 10.4 Å². The molecule has 0 bridgehead atoms. The van der Waals surface area contributed by atoms with E-state index in [4.69, 9.17) is 0 Å². The molecule has 3 rings (SSSR count). The van der Waals surface area contributed by atoms with Gasteiger partial charge in [0.15, 0.2) is 4.80 Å². The summed E-state index contributed by atoms with van der Waals surface area (Å²) in [4.78, 5) is 27.3. The summed E-state index contributed by atoms with van der Waals surface area (Å²) in [6.45, 7) is 2.09. The molecule has 2 aromatic carbocycles. The smallest absolute Gasteiger partial charge is 0.272 e. The Morgan fingerprint density at radius 2 is 2.08 bits per heavy atom. The summed E-state index contributed by atoms with van der Waals surface area (Å²) in [6.07, 6.45) is 3.76. The summed E-state index contributed by atoms with van der Waals surface area (Å²) >= 11 is 1.46. The van der Waals surface area contributed by atoms with Crippen LogP contribution < -0.4 is 4.80 Å². The SMILES string of the molecule is CCc1cccc2sc(=NC(=O)/C=C/c3cccc([N+](=O)[O-])c3)n(C)c12. The van der Waals surface area contributed by atoms with E-state index < -0.39 is 10.8 Å². The lowest BCUT2D eigenvalue weighted by atomic mass is 10.1. The molecule has 132 valence electrons. The molecule has 0 saturated heterocycles. The van der Waals surface area contributed by atoms with E-state index in [1.165, 1.54) is 41.2 Å². The Kier molecular flexibility index (Phi) is 5.09. The number of rotatable bonds is 4. The van der Waals surface area contributed by atoms with E-state index in [1.807, 2.05) is 23.7 Å². The number of aromatic nitrogens is 1. The van der Waals surface area contributed by atoms with Crippen LogP contribution in [0.1, 0.15) is 18.1 Å². The monoisotopic (exact) mass is 367 g/mol. The van der Waals surface area contributed by atoms with Crippen molar-refractivity contribution in [3.05, 3.63) is 74.6 Å². The lowest BCUT2D eigenvalue weighted by Crippen LogP contribution is -2.12. The number of hydrogen-bond acceptors (Lipinski definition) is 4. The Balaban J connectivity index is 1.92. The first-order chi connectivity index (χ1) is 12.5. The van der Waals surface area contributed by atoms with Crippen LogP contribution in [0.3, 0.4) is 0 Å². The molecular weight excluding hydrogens is 350 g/mol. The minimum atomic E-state index is -0.466. The predicted molar refractivity (Wildman–Crippen MR) is 103 cm³/mol. The molecule has 0 unspecified atom stereocenters. The molecular formula is C19H17N3O3S. The molecule has 0 aliphatic rings. The van der Waals surface area contributed by atoms with Crippen molar-refractivity contribution in [3.63, 3.8) is 0 Å². The molecule has 0 aliphatic heterocycles. The number of para-hydroxylation sites is 1. The zero-order valence-electron chi connectivity index (χ0n) is 14.4. The molecule has 7 heteroatoms. The molecule has 0 saturated carbocycles. The van der Waals surface area contributed by atoms with Gasteiger partial charge in [-0.3, -0.25) is 14.9 Å². The van der Waals surface area contributed by atoms with Crippen molar-refractivity contribution < 1.29 is 9.72 Å². The predicted octanol–water partition coefficient (Wildman–Crippen LogP) is 3.85. The molecule has 3 aromatic rings. The molecule has 26 heavy (non-hydrogen) atoms. The summed E-state index contributed by atoms with van der Waals surface area (Å²) in [5.74, 6) is -0.406. The van der Waals surface area contributed by atoms with Gasteiger partial charge in [0.25, 0.3) is 11.6 Å². The Morgan fingerprint density at radius 1 is 1.31 bits per heavy atom. The van der Waals surface area contributed by atoms with Crippen LogP contribution >= 0.6 is 11.3 Å². The number of nitrogens with zero attached hydrogens (tertiary/aromatic N) is 3. The molecule has 0 fully saturated rings. The maximum absolute atomic E-state index is 12.2. The average molecular weight is 367 g/mol. The number of non-ortho nitro benzene ring substituents is 1. The third-order valence-electron chi connectivity index (χ3n) is 3.99. The maximum Gasteiger partial charge on any atom is 0.272 e. The van der Waals surface area contributed by atoms with Gasteiger partial charge in [-0.15, -0.1) is 0 Å². The Hall–Kier alpha value is -3.06. The molecule has 0 radical (unpaired) electrons. The fraction of sp³-hybridized carbons (Fsp3) is 0.158. The van der Waals surface area contributed by atoms with Crippen LogP contribution in [0, 0.1) is 10.1 Å². The first-order valence-electron chi connectivity index (χ1n) is 8.08. The Morgan fingerprint density at radius 3 is 2.81 bits per heavy atom. The second-order valence-corrected chi connectivity index (χ2v) is 6.71. The molecule has 0 N–H and O–H groups in total. The summed E-state index contributed by atoms with van der Waals surface area (Å²) in [7, 11) is 1.90. The van der Waals surface area contributed by atoms with Crippen LogP contribution in [0.25, 0.3) is 16.3 Å². The van der Waals surface area contributed by atoms with Crippen LogP contribution in [0.4, 0.5) is 5.69 Å². The molecule has 6 nitrogen and oxygen atoms in total. The normalized spacial score (nSPS) is 12.2. The van der Waals surface area contributed by atoms with Gasteiger partial charge in [-0.25, -0.2) is 0 Å². The number of carbonyl (C=O) groups is 1. The molecule has 0 aliphatic carbocycles. The van der Waals surface area contributed by atoms with Crippen LogP contribution in [-0.4, -0.2) is 15.4 Å². The average Bonchev–Trinajstić information content (AvgIpc) is 2.96. The molecule has 1 heterocycles. The number of nitro groups is 1. The van der Waals surface area contributed by atoms with E-state index >= 15 is 0 Å². The van der Waals surface area contributed by atoms with Crippen molar-refractivity contribution in [1.82, 2.24) is 4.57 Å². The zero-order valence-corrected chi connectivity index (χ0v) is 15.2. The van der Waals surface area contributed by atoms with Gasteiger partial charge in [0.1, 0.15) is 0 Å². The van der Waals surface area contributed by atoms with Gasteiger partial charge >= 0.3 is 0 Å². The van der Waals surface area contributed by atoms with Gasteiger partial charge in [-0.2, -0.15) is 4.99 Å². The number of amides is 1. The van der Waals surface area contributed by atoms with Crippen molar-refractivity contribution in [2.45, 2.75) is 13.3 Å². The highest BCUT2D eigenvalue weighted by Gasteiger charge is 2.08. The third-order valence-corrected chi connectivity index (χ3v) is 5.09. The highest BCUT2D eigenvalue weighted by molar-refractivity contribution is 7.16. The van der Waals surface area contributed by atoms with Crippen molar-refractivity contribution in [3.8, 4) is 0 Å². The van der Waals surface area contributed by atoms with Crippen molar-refractivity contribution in [2.24, 2.45) is 12.0 Å². The van der Waals surface area contributed by atoms with E-state index in [1.54, 1.807) is 12.1 Å². The van der Waals surface area contributed by atoms with E-state index in [-0.39, 0.29) is 5.69 Å². The first-order valence-corrected chi connectivity index (χ1v) is 8.90. The lowest BCUT2D eigenvalue weighted by Gasteiger charge is -2.01. The fourth-order valence-corrected chi connectivity index (χ4v) is 3.79. The van der Waals surface area contributed by atoms with Crippen LogP contribution in [0.5, 0.6) is 0 Å². The van der Waals surface area contributed by atoms with Crippen molar-refractivity contribution >= 4 is 39.2 Å². The summed E-state index contributed by atoms with van der Waals surface area (Å²) in [5.41, 5.74) is 2.87. The largest absolute Gasteiger partial charge is 0.319 e. The highest BCUT2D eigenvalue weighted by atomic mass is 32.1. The summed E-state index contributed by atoms with van der Waals surface area (Å²) in [5, 5.41) is 10.8. The number of carbonyl (C=O) groups excluding carboxylic acids is 1. The van der Waals surface area contributed by atoms with Crippen molar-refractivity contribution in [2.75, 3.05) is 0 Å². The second kappa shape index (κ2) is 7.45. The van der Waals surface area contributed by atoms with Gasteiger partial charge in [0, 0.05) is 25.3 Å². The van der Waals surface area contributed by atoms with Gasteiger partial charge in [0.05, 0.1) is 15.1 Å². The van der Waals surface area contributed by atoms with Gasteiger partial charge in [-0.05, 0) is 29.7 Å². The van der Waals surface area contributed by atoms with Gasteiger partial charge in [-0.1, -0.05) is 42.5 Å². The molecule has 1 aromatic heterocycles. The standard InChI is InChI=1S/C19H17N3O3S/c1-3-14-7-5-9-16-18(14)21(2)19(26-16)20-17(23)11-10-13-6-4-8-15(12-13)22(24)25/h4-12H,3H2,1-2H3/b11-10+,20-19?. The number of thiazole rings is 1. The maximum atomic E-state index is 12.2. The number of nitro benzene ring substituents is 1. The van der Waals surface area contributed by atoms with E-state index in [9.17, 15) is 14.9 Å². The van der Waals surface area contributed by atoms with Crippen LogP contribution in [0.2, 0.25) is 0 Å². The van der Waals surface area contributed by atoms with Gasteiger partial charge in [0.2, 0.25) is 0 Å². The van der Waals surface area contributed by atoms with Gasteiger partial charge < -0.3 is 4.57 Å². The van der Waals surface area contributed by atoms with Crippen molar-refractivity contribution in [1.29, 1.82) is 0 Å². The summed E-state index contributed by atoms with van der Waals surface area (Å²) < 4.78 is 3.01. The molecule has 1 amide bonds. The second-order valence-electron chi connectivity index (χ2n) is 5.70. The minimum Gasteiger partial charge on any atom is -0.319 e. The van der Waals surface area contributed by atoms with E-state index in [0.717, 1.165) is 16.6 Å². The quantitative estimate of drug-likeness (QED) is 0.399. The molecule has 0 spiro atoms. The number of benzene rings is 2. The fourth-order valence-electron chi connectivity index (χ4n) is 2.72. The lowest BCUT2D eigenvalue weighted by molar-refractivity contribution is -0.384.